The van der Waals surface area contributed by atoms with Crippen molar-refractivity contribution in [3.05, 3.63) is 88.8 Å². The summed E-state index contributed by atoms with van der Waals surface area (Å²) in [7, 11) is 0. The molecule has 1 aliphatic carbocycles. The fourth-order valence-corrected chi connectivity index (χ4v) is 4.75. The Bertz CT molecular complexity index is 1410. The van der Waals surface area contributed by atoms with E-state index in [0.717, 1.165) is 42.4 Å². The molecule has 0 atom stereocenters. The predicted molar refractivity (Wildman–Crippen MR) is 139 cm³/mol. The summed E-state index contributed by atoms with van der Waals surface area (Å²) in [6, 6.07) is 17.9. The van der Waals surface area contributed by atoms with Crippen LogP contribution in [0.1, 0.15) is 41.6 Å². The van der Waals surface area contributed by atoms with Gasteiger partial charge in [0.05, 0.1) is 10.5 Å². The van der Waals surface area contributed by atoms with E-state index in [0.29, 0.717) is 17.4 Å². The fraction of sp³-hybridized carbons (Fsp3) is 0.250. The quantitative estimate of drug-likeness (QED) is 0.306. The summed E-state index contributed by atoms with van der Waals surface area (Å²) in [5, 5.41) is 7.79. The van der Waals surface area contributed by atoms with E-state index in [1.165, 1.54) is 30.0 Å². The van der Waals surface area contributed by atoms with Crippen molar-refractivity contribution < 1.29 is 13.9 Å². The van der Waals surface area contributed by atoms with Crippen molar-refractivity contribution in [2.45, 2.75) is 44.7 Å². The van der Waals surface area contributed by atoms with E-state index in [9.17, 15) is 9.18 Å². The number of hydrogen-bond donors (Lipinski definition) is 2. The lowest BCUT2D eigenvalue weighted by Crippen LogP contribution is -2.40. The van der Waals surface area contributed by atoms with Gasteiger partial charge in [0.15, 0.2) is 0 Å². The first-order valence-corrected chi connectivity index (χ1v) is 12.4. The lowest BCUT2D eigenvalue weighted by atomic mass is 9.91. The number of para-hydroxylation sites is 1. The molecule has 1 saturated carbocycles. The zero-order valence-corrected chi connectivity index (χ0v) is 20.6. The largest absolute Gasteiger partial charge is 0.438 e. The van der Waals surface area contributed by atoms with Crippen molar-refractivity contribution in [1.82, 2.24) is 15.3 Å². The summed E-state index contributed by atoms with van der Waals surface area (Å²) >= 11 is 5.84. The third kappa shape index (κ3) is 5.41. The molecular weight excluding hydrogens is 479 g/mol. The highest BCUT2D eigenvalue weighted by atomic mass is 35.5. The highest BCUT2D eigenvalue weighted by Crippen LogP contribution is 2.28. The summed E-state index contributed by atoms with van der Waals surface area (Å²) in [6.45, 7) is 2.10. The Morgan fingerprint density at radius 2 is 1.81 bits per heavy atom. The SMILES string of the molecule is Cc1cc(NC2CCC(NC(=O)c3cccnc3Oc3ccc(F)c(Cl)c3)CC2)nc2ccccc12. The van der Waals surface area contributed by atoms with Gasteiger partial charge in [-0.25, -0.2) is 14.4 Å². The molecule has 0 aliphatic heterocycles. The Hall–Kier alpha value is -3.71. The molecule has 2 N–H and O–H groups in total. The molecule has 8 heteroatoms. The number of ether oxygens (including phenoxy) is 1. The zero-order valence-electron chi connectivity index (χ0n) is 19.8. The molecule has 5 rings (SSSR count). The standard InChI is InChI=1S/C28H26ClFN4O2/c1-17-15-26(34-25-7-3-2-5-21(17)25)32-18-8-10-19(11-9-18)33-27(35)22-6-4-14-31-28(22)36-20-12-13-24(30)23(29)16-20/h2-7,12-16,18-19H,8-11H2,1H3,(H,32,34)(H,33,35). The summed E-state index contributed by atoms with van der Waals surface area (Å²) in [5.41, 5.74) is 2.49. The number of benzene rings is 2. The molecule has 1 aliphatic rings. The highest BCUT2D eigenvalue weighted by Gasteiger charge is 2.24. The van der Waals surface area contributed by atoms with Crippen LogP contribution in [0.2, 0.25) is 5.02 Å². The first-order valence-electron chi connectivity index (χ1n) is 12.0. The number of pyridine rings is 2. The molecule has 2 heterocycles. The van der Waals surface area contributed by atoms with Crippen molar-refractivity contribution >= 4 is 34.2 Å². The van der Waals surface area contributed by atoms with E-state index < -0.39 is 5.82 Å². The second kappa shape index (κ2) is 10.5. The summed E-state index contributed by atoms with van der Waals surface area (Å²) < 4.78 is 19.2. The predicted octanol–water partition coefficient (Wildman–Crippen LogP) is 6.68. The van der Waals surface area contributed by atoms with Crippen molar-refractivity contribution in [3.8, 4) is 11.6 Å². The van der Waals surface area contributed by atoms with Crippen LogP contribution in [0.3, 0.4) is 0 Å². The Morgan fingerprint density at radius 3 is 2.61 bits per heavy atom. The van der Waals surface area contributed by atoms with Gasteiger partial charge in [-0.15, -0.1) is 0 Å². The van der Waals surface area contributed by atoms with Crippen LogP contribution >= 0.6 is 11.6 Å². The molecule has 2 aromatic carbocycles. The van der Waals surface area contributed by atoms with E-state index in [1.54, 1.807) is 12.1 Å². The minimum absolute atomic E-state index is 0.0511. The van der Waals surface area contributed by atoms with Gasteiger partial charge in [0.1, 0.15) is 22.9 Å². The van der Waals surface area contributed by atoms with E-state index in [-0.39, 0.29) is 22.9 Å². The van der Waals surface area contributed by atoms with Crippen molar-refractivity contribution in [1.29, 1.82) is 0 Å². The number of rotatable bonds is 6. The van der Waals surface area contributed by atoms with E-state index in [1.807, 2.05) is 18.2 Å². The van der Waals surface area contributed by atoms with Crippen LogP contribution in [0.4, 0.5) is 10.2 Å². The van der Waals surface area contributed by atoms with Crippen LogP contribution in [0.25, 0.3) is 10.9 Å². The molecular formula is C28H26ClFN4O2. The number of hydrogen-bond acceptors (Lipinski definition) is 5. The third-order valence-electron chi connectivity index (χ3n) is 6.46. The third-order valence-corrected chi connectivity index (χ3v) is 6.75. The van der Waals surface area contributed by atoms with Gasteiger partial charge in [-0.3, -0.25) is 4.79 Å². The number of carbonyl (C=O) groups excluding carboxylic acids is 1. The number of amides is 1. The zero-order chi connectivity index (χ0) is 25.1. The van der Waals surface area contributed by atoms with Gasteiger partial charge in [0, 0.05) is 29.7 Å². The van der Waals surface area contributed by atoms with Gasteiger partial charge in [-0.2, -0.15) is 0 Å². The number of carbonyl (C=O) groups is 1. The van der Waals surface area contributed by atoms with Crippen molar-refractivity contribution in [3.63, 3.8) is 0 Å². The molecule has 1 amide bonds. The van der Waals surface area contributed by atoms with E-state index in [2.05, 4.69) is 34.7 Å². The van der Waals surface area contributed by atoms with Gasteiger partial charge < -0.3 is 15.4 Å². The topological polar surface area (TPSA) is 76.1 Å². The van der Waals surface area contributed by atoms with Crippen LogP contribution in [-0.4, -0.2) is 28.0 Å². The lowest BCUT2D eigenvalue weighted by molar-refractivity contribution is 0.0923. The monoisotopic (exact) mass is 504 g/mol. The van der Waals surface area contributed by atoms with Crippen molar-refractivity contribution in [2.24, 2.45) is 0 Å². The number of halogens is 2. The number of aromatic nitrogens is 2. The van der Waals surface area contributed by atoms with Gasteiger partial charge in [0.2, 0.25) is 5.88 Å². The second-order valence-corrected chi connectivity index (χ2v) is 9.45. The Morgan fingerprint density at radius 1 is 1.03 bits per heavy atom. The number of fused-ring (bicyclic) bond motifs is 1. The number of nitrogens with one attached hydrogen (secondary N) is 2. The molecule has 0 spiro atoms. The number of nitrogens with zero attached hydrogens (tertiary/aromatic N) is 2. The first-order chi connectivity index (χ1) is 17.5. The second-order valence-electron chi connectivity index (χ2n) is 9.04. The summed E-state index contributed by atoms with van der Waals surface area (Å²) in [5.74, 6) is 0.537. The van der Waals surface area contributed by atoms with Gasteiger partial charge in [-0.05, 0) is 74.6 Å². The van der Waals surface area contributed by atoms with E-state index in [4.69, 9.17) is 21.3 Å². The maximum Gasteiger partial charge on any atom is 0.257 e. The maximum atomic E-state index is 13.5. The maximum absolute atomic E-state index is 13.5. The normalized spacial score (nSPS) is 17.5. The van der Waals surface area contributed by atoms with Gasteiger partial charge >= 0.3 is 0 Å². The molecule has 0 bridgehead atoms. The number of anilines is 1. The first kappa shape index (κ1) is 24.0. The molecule has 36 heavy (non-hydrogen) atoms. The van der Waals surface area contributed by atoms with Crippen molar-refractivity contribution in [2.75, 3.05) is 5.32 Å². The average Bonchev–Trinajstić information content (AvgIpc) is 2.88. The van der Waals surface area contributed by atoms with Crippen LogP contribution < -0.4 is 15.4 Å². The smallest absolute Gasteiger partial charge is 0.257 e. The molecule has 0 saturated heterocycles. The van der Waals surface area contributed by atoms with Crippen LogP contribution in [0, 0.1) is 12.7 Å². The van der Waals surface area contributed by atoms with Crippen LogP contribution in [0.5, 0.6) is 11.6 Å². The Kier molecular flexibility index (Phi) is 7.00. The Balaban J connectivity index is 1.19. The van der Waals surface area contributed by atoms with E-state index >= 15 is 0 Å². The molecule has 1 fully saturated rings. The molecule has 6 nitrogen and oxygen atoms in total. The average molecular weight is 505 g/mol. The summed E-state index contributed by atoms with van der Waals surface area (Å²) in [4.78, 5) is 22.0. The minimum atomic E-state index is -0.542. The van der Waals surface area contributed by atoms with Crippen LogP contribution in [-0.2, 0) is 0 Å². The molecule has 0 radical (unpaired) electrons. The lowest BCUT2D eigenvalue weighted by Gasteiger charge is -2.30. The highest BCUT2D eigenvalue weighted by molar-refractivity contribution is 6.30. The van der Waals surface area contributed by atoms with Gasteiger partial charge in [-0.1, -0.05) is 29.8 Å². The molecule has 0 unspecified atom stereocenters. The fourth-order valence-electron chi connectivity index (χ4n) is 4.57. The minimum Gasteiger partial charge on any atom is -0.438 e. The summed E-state index contributed by atoms with van der Waals surface area (Å²) in [6.07, 6.45) is 5.07. The Labute approximate surface area is 213 Å². The van der Waals surface area contributed by atoms with Gasteiger partial charge in [0.25, 0.3) is 5.91 Å². The van der Waals surface area contributed by atoms with Crippen LogP contribution in [0.15, 0.2) is 66.9 Å². The molecule has 184 valence electrons. The molecule has 2 aromatic heterocycles. The number of aryl methyl sites for hydroxylation is 1. The molecule has 4 aromatic rings.